The van der Waals surface area contributed by atoms with Crippen LogP contribution in [0.4, 0.5) is 0 Å². The molecular weight excluding hydrogens is 328 g/mol. The molecule has 7 heteroatoms. The van der Waals surface area contributed by atoms with Crippen LogP contribution in [0.5, 0.6) is 0 Å². The molecule has 4 nitrogen and oxygen atoms in total. The fourth-order valence-electron chi connectivity index (χ4n) is 2.09. The van der Waals surface area contributed by atoms with Crippen molar-refractivity contribution in [2.45, 2.75) is 0 Å². The van der Waals surface area contributed by atoms with Gasteiger partial charge >= 0.3 is 11.9 Å². The molecule has 0 amide bonds. The normalized spacial score (nSPS) is 10.7. The van der Waals surface area contributed by atoms with E-state index in [-0.39, 0.29) is 9.75 Å². The first kappa shape index (κ1) is 14.0. The smallest absolute Gasteiger partial charge is 0.346 e. The molecule has 0 spiro atoms. The summed E-state index contributed by atoms with van der Waals surface area (Å²) in [6.45, 7) is 0. The summed E-state index contributed by atoms with van der Waals surface area (Å²) in [4.78, 5) is 23.1. The molecular formula is C14H8O4S3. The Labute approximate surface area is 131 Å². The van der Waals surface area contributed by atoms with Crippen molar-refractivity contribution in [3.63, 3.8) is 0 Å². The van der Waals surface area contributed by atoms with Crippen molar-refractivity contribution in [1.82, 2.24) is 0 Å². The monoisotopic (exact) mass is 336 g/mol. The van der Waals surface area contributed by atoms with Crippen molar-refractivity contribution < 1.29 is 19.8 Å². The predicted octanol–water partition coefficient (Wildman–Crippen LogP) is 4.60. The number of carboxylic acid groups (broad SMARTS) is 2. The van der Waals surface area contributed by atoms with Crippen LogP contribution in [0.2, 0.25) is 0 Å². The lowest BCUT2D eigenvalue weighted by Crippen LogP contribution is -1.96. The van der Waals surface area contributed by atoms with E-state index in [2.05, 4.69) is 0 Å². The van der Waals surface area contributed by atoms with Gasteiger partial charge in [-0.05, 0) is 33.7 Å². The van der Waals surface area contributed by atoms with Gasteiger partial charge in [-0.2, -0.15) is 11.3 Å². The van der Waals surface area contributed by atoms with Gasteiger partial charge in [-0.15, -0.1) is 22.7 Å². The minimum Gasteiger partial charge on any atom is -0.477 e. The highest BCUT2D eigenvalue weighted by molar-refractivity contribution is 7.13. The summed E-state index contributed by atoms with van der Waals surface area (Å²) in [5.74, 6) is -1.94. The fraction of sp³-hybridized carbons (Fsp3) is 0. The van der Waals surface area contributed by atoms with Gasteiger partial charge in [-0.1, -0.05) is 0 Å². The first-order valence-electron chi connectivity index (χ1n) is 5.78. The Balaban J connectivity index is 2.18. The maximum atomic E-state index is 11.3. The van der Waals surface area contributed by atoms with Gasteiger partial charge in [-0.3, -0.25) is 0 Å². The lowest BCUT2D eigenvalue weighted by Gasteiger charge is -2.04. The Bertz CT molecular complexity index is 758. The molecule has 0 saturated heterocycles. The molecule has 106 valence electrons. The van der Waals surface area contributed by atoms with Crippen molar-refractivity contribution in [1.29, 1.82) is 0 Å². The second kappa shape index (κ2) is 5.44. The highest BCUT2D eigenvalue weighted by atomic mass is 32.1. The minimum atomic E-state index is -0.971. The maximum Gasteiger partial charge on any atom is 0.346 e. The van der Waals surface area contributed by atoms with Crippen LogP contribution in [0.15, 0.2) is 33.7 Å². The van der Waals surface area contributed by atoms with Crippen molar-refractivity contribution in [2.24, 2.45) is 0 Å². The van der Waals surface area contributed by atoms with Gasteiger partial charge in [0.1, 0.15) is 9.75 Å². The molecule has 2 N–H and O–H groups in total. The Morgan fingerprint density at radius 1 is 0.762 bits per heavy atom. The zero-order valence-corrected chi connectivity index (χ0v) is 12.8. The molecule has 0 bridgehead atoms. The van der Waals surface area contributed by atoms with Gasteiger partial charge in [0, 0.05) is 22.3 Å². The summed E-state index contributed by atoms with van der Waals surface area (Å²) in [5.41, 5.74) is 2.79. The highest BCUT2D eigenvalue weighted by Crippen LogP contribution is 2.41. The molecule has 3 aromatic heterocycles. The second-order valence-electron chi connectivity index (χ2n) is 4.14. The van der Waals surface area contributed by atoms with Gasteiger partial charge in [0.05, 0.1) is 0 Å². The molecule has 0 atom stereocenters. The third kappa shape index (κ3) is 2.39. The number of hydrogen-bond acceptors (Lipinski definition) is 5. The van der Waals surface area contributed by atoms with Crippen LogP contribution >= 0.6 is 34.0 Å². The predicted molar refractivity (Wildman–Crippen MR) is 84.9 cm³/mol. The van der Waals surface area contributed by atoms with E-state index in [4.69, 9.17) is 0 Å². The summed E-state index contributed by atoms with van der Waals surface area (Å²) >= 11 is 3.75. The van der Waals surface area contributed by atoms with Crippen LogP contribution < -0.4 is 0 Å². The molecule has 21 heavy (non-hydrogen) atoms. The average molecular weight is 336 g/mol. The Morgan fingerprint density at radius 3 is 1.57 bits per heavy atom. The molecule has 0 aliphatic heterocycles. The minimum absolute atomic E-state index is 0.266. The number of carboxylic acids is 2. The largest absolute Gasteiger partial charge is 0.477 e. The molecule has 0 fully saturated rings. The van der Waals surface area contributed by atoms with E-state index >= 15 is 0 Å². The van der Waals surface area contributed by atoms with Crippen LogP contribution in [0.25, 0.3) is 22.3 Å². The summed E-state index contributed by atoms with van der Waals surface area (Å²) in [7, 11) is 0. The van der Waals surface area contributed by atoms with E-state index in [1.54, 1.807) is 22.9 Å². The van der Waals surface area contributed by atoms with Crippen molar-refractivity contribution in [3.8, 4) is 22.3 Å². The molecule has 0 aromatic carbocycles. The topological polar surface area (TPSA) is 74.6 Å². The van der Waals surface area contributed by atoms with E-state index in [0.29, 0.717) is 11.1 Å². The van der Waals surface area contributed by atoms with E-state index in [9.17, 15) is 19.8 Å². The lowest BCUT2D eigenvalue weighted by atomic mass is 10.00. The molecule has 0 saturated carbocycles. The number of thiophene rings is 3. The van der Waals surface area contributed by atoms with Gasteiger partial charge in [-0.25, -0.2) is 9.59 Å². The molecule has 3 aromatic rings. The Hall–Kier alpha value is -1.96. The van der Waals surface area contributed by atoms with Gasteiger partial charge in [0.2, 0.25) is 0 Å². The molecule has 0 unspecified atom stereocenters. The van der Waals surface area contributed by atoms with Crippen molar-refractivity contribution in [3.05, 3.63) is 43.4 Å². The molecule has 0 aliphatic carbocycles. The van der Waals surface area contributed by atoms with E-state index in [1.165, 1.54) is 11.3 Å². The van der Waals surface area contributed by atoms with Crippen LogP contribution in [0.3, 0.4) is 0 Å². The first-order valence-corrected chi connectivity index (χ1v) is 8.48. The highest BCUT2D eigenvalue weighted by Gasteiger charge is 2.21. The number of hydrogen-bond donors (Lipinski definition) is 2. The van der Waals surface area contributed by atoms with Crippen LogP contribution in [0, 0.1) is 0 Å². The molecule has 3 heterocycles. The van der Waals surface area contributed by atoms with Crippen LogP contribution in [0.1, 0.15) is 19.3 Å². The van der Waals surface area contributed by atoms with E-state index < -0.39 is 11.9 Å². The van der Waals surface area contributed by atoms with E-state index in [0.717, 1.165) is 33.8 Å². The molecule has 0 aliphatic rings. The van der Waals surface area contributed by atoms with Gasteiger partial charge in [0.25, 0.3) is 0 Å². The third-order valence-corrected chi connectivity index (χ3v) is 5.51. The Morgan fingerprint density at radius 2 is 1.19 bits per heavy atom. The van der Waals surface area contributed by atoms with Gasteiger partial charge < -0.3 is 10.2 Å². The quantitative estimate of drug-likeness (QED) is 0.730. The SMILES string of the molecule is O=C(O)c1sccc1-c1cscc1-c1ccsc1C(=O)O. The number of aromatic carboxylic acids is 2. The standard InChI is InChI=1S/C14H8O4S3/c15-13(16)11-7(1-3-20-11)9-5-19-6-10(9)8-2-4-21-12(8)14(17)18/h1-6H,(H,15,16)(H,17,18). The molecule has 0 radical (unpaired) electrons. The zero-order chi connectivity index (χ0) is 15.0. The van der Waals surface area contributed by atoms with Gasteiger partial charge in [0.15, 0.2) is 0 Å². The second-order valence-corrected chi connectivity index (χ2v) is 6.71. The van der Waals surface area contributed by atoms with Crippen molar-refractivity contribution in [2.75, 3.05) is 0 Å². The van der Waals surface area contributed by atoms with Crippen LogP contribution in [-0.4, -0.2) is 22.2 Å². The first-order chi connectivity index (χ1) is 10.1. The molecule has 3 rings (SSSR count). The summed E-state index contributed by atoms with van der Waals surface area (Å²) in [6.07, 6.45) is 0. The third-order valence-electron chi connectivity index (χ3n) is 2.96. The van der Waals surface area contributed by atoms with Crippen LogP contribution in [-0.2, 0) is 0 Å². The summed E-state index contributed by atoms with van der Waals surface area (Å²) in [6, 6.07) is 3.51. The average Bonchev–Trinajstić information content (AvgIpc) is 3.17. The zero-order valence-electron chi connectivity index (χ0n) is 10.4. The lowest BCUT2D eigenvalue weighted by molar-refractivity contribution is 0.0691. The number of rotatable bonds is 4. The summed E-state index contributed by atoms with van der Waals surface area (Å²) in [5, 5.41) is 25.6. The summed E-state index contributed by atoms with van der Waals surface area (Å²) < 4.78 is 0. The number of carbonyl (C=O) groups is 2. The van der Waals surface area contributed by atoms with Crippen molar-refractivity contribution >= 4 is 45.9 Å². The Kier molecular flexibility index (Phi) is 3.62. The maximum absolute atomic E-state index is 11.3. The fourth-order valence-corrected chi connectivity index (χ4v) is 4.43. The van der Waals surface area contributed by atoms with E-state index in [1.807, 2.05) is 10.8 Å².